The van der Waals surface area contributed by atoms with Crippen molar-refractivity contribution in [2.45, 2.75) is 43.9 Å². The average molecular weight is 342 g/mol. The van der Waals surface area contributed by atoms with Crippen LogP contribution in [0.5, 0.6) is 0 Å². The van der Waals surface area contributed by atoms with Crippen LogP contribution in [-0.4, -0.2) is 41.3 Å². The van der Waals surface area contributed by atoms with Gasteiger partial charge in [0.15, 0.2) is 0 Å². The minimum atomic E-state index is -4.19. The van der Waals surface area contributed by atoms with Crippen molar-refractivity contribution < 1.29 is 13.2 Å². The molecule has 2 aromatic rings. The van der Waals surface area contributed by atoms with Crippen LogP contribution in [0.1, 0.15) is 24.1 Å². The topological polar surface area (TPSA) is 41.0 Å². The Balaban J connectivity index is 1.70. The third-order valence-corrected chi connectivity index (χ3v) is 5.68. The molecular weight excluding hydrogens is 325 g/mol. The van der Waals surface area contributed by atoms with Crippen molar-refractivity contribution in [1.82, 2.24) is 15.3 Å². The molecule has 2 unspecified atom stereocenters. The van der Waals surface area contributed by atoms with Gasteiger partial charge in [0.2, 0.25) is 0 Å². The molecule has 124 valence electrons. The van der Waals surface area contributed by atoms with Gasteiger partial charge < -0.3 is 10.2 Å². The summed E-state index contributed by atoms with van der Waals surface area (Å²) in [4.78, 5) is 11.8. The largest absolute Gasteiger partial charge is 0.393 e. The number of thiophene rings is 1. The molecule has 0 aliphatic carbocycles. The van der Waals surface area contributed by atoms with Gasteiger partial charge in [-0.3, -0.25) is 0 Å². The van der Waals surface area contributed by atoms with Crippen LogP contribution in [0, 0.1) is 0 Å². The lowest BCUT2D eigenvalue weighted by Gasteiger charge is -2.33. The number of halogens is 3. The molecule has 2 aliphatic heterocycles. The van der Waals surface area contributed by atoms with Crippen LogP contribution in [0.4, 0.5) is 19.0 Å². The van der Waals surface area contributed by atoms with Gasteiger partial charge in [-0.25, -0.2) is 9.97 Å². The van der Waals surface area contributed by atoms with E-state index in [0.29, 0.717) is 21.8 Å². The second kappa shape index (κ2) is 5.59. The molecule has 2 aliphatic rings. The van der Waals surface area contributed by atoms with Crippen molar-refractivity contribution in [3.05, 3.63) is 17.3 Å². The number of aromatic nitrogens is 2. The van der Waals surface area contributed by atoms with E-state index < -0.39 is 12.6 Å². The summed E-state index contributed by atoms with van der Waals surface area (Å²) in [5.41, 5.74) is 0. The lowest BCUT2D eigenvalue weighted by Crippen LogP contribution is -2.47. The molecular formula is C15H17F3N4S. The fourth-order valence-electron chi connectivity index (χ4n) is 3.72. The summed E-state index contributed by atoms with van der Waals surface area (Å²) >= 11 is 1.11. The average Bonchev–Trinajstić information content (AvgIpc) is 3.08. The van der Waals surface area contributed by atoms with Gasteiger partial charge in [0.1, 0.15) is 17.0 Å². The molecule has 0 saturated carbocycles. The Bertz CT molecular complexity index is 714. The molecule has 0 bridgehead atoms. The molecule has 2 atom stereocenters. The van der Waals surface area contributed by atoms with E-state index in [1.54, 1.807) is 6.07 Å². The number of nitrogens with one attached hydrogen (secondary N) is 1. The second-order valence-corrected chi connectivity index (χ2v) is 7.29. The minimum absolute atomic E-state index is 0.298. The first-order valence-corrected chi connectivity index (χ1v) is 8.63. The van der Waals surface area contributed by atoms with Crippen LogP contribution in [-0.2, 0) is 6.42 Å². The van der Waals surface area contributed by atoms with Gasteiger partial charge in [0.25, 0.3) is 0 Å². The van der Waals surface area contributed by atoms with E-state index in [9.17, 15) is 13.2 Å². The molecule has 8 heteroatoms. The van der Waals surface area contributed by atoms with Gasteiger partial charge in [-0.05, 0) is 31.9 Å². The summed E-state index contributed by atoms with van der Waals surface area (Å²) in [6.45, 7) is 1.93. The van der Waals surface area contributed by atoms with Crippen molar-refractivity contribution >= 4 is 27.4 Å². The fraction of sp³-hybridized carbons (Fsp3) is 0.600. The van der Waals surface area contributed by atoms with E-state index in [-0.39, 0.29) is 0 Å². The summed E-state index contributed by atoms with van der Waals surface area (Å²) in [6.07, 6.45) is -0.357. The number of rotatable bonds is 2. The molecule has 2 fully saturated rings. The molecule has 2 aromatic heterocycles. The van der Waals surface area contributed by atoms with Gasteiger partial charge >= 0.3 is 6.18 Å². The Morgan fingerprint density at radius 3 is 3.00 bits per heavy atom. The van der Waals surface area contributed by atoms with Crippen LogP contribution in [0.2, 0.25) is 0 Å². The van der Waals surface area contributed by atoms with E-state index >= 15 is 0 Å². The maximum absolute atomic E-state index is 12.6. The number of alkyl halides is 3. The molecule has 0 aromatic carbocycles. The lowest BCUT2D eigenvalue weighted by molar-refractivity contribution is -0.126. The molecule has 4 nitrogen and oxygen atoms in total. The van der Waals surface area contributed by atoms with Crippen molar-refractivity contribution in [2.75, 3.05) is 18.0 Å². The molecule has 0 radical (unpaired) electrons. The van der Waals surface area contributed by atoms with Gasteiger partial charge in [-0.2, -0.15) is 13.2 Å². The van der Waals surface area contributed by atoms with E-state index in [1.165, 1.54) is 6.33 Å². The summed E-state index contributed by atoms with van der Waals surface area (Å²) in [5.74, 6) is 0.788. The Morgan fingerprint density at radius 2 is 2.17 bits per heavy atom. The number of anilines is 1. The Kier molecular flexibility index (Phi) is 3.68. The lowest BCUT2D eigenvalue weighted by atomic mass is 9.99. The van der Waals surface area contributed by atoms with Gasteiger partial charge in [-0.1, -0.05) is 0 Å². The van der Waals surface area contributed by atoms with Gasteiger partial charge in [-0.15, -0.1) is 11.3 Å². The van der Waals surface area contributed by atoms with Crippen LogP contribution < -0.4 is 10.2 Å². The van der Waals surface area contributed by atoms with E-state index in [0.717, 1.165) is 54.9 Å². The normalized spacial score (nSPS) is 25.1. The zero-order chi connectivity index (χ0) is 16.0. The zero-order valence-corrected chi connectivity index (χ0v) is 13.3. The number of fused-ring (bicyclic) bond motifs is 2. The Morgan fingerprint density at radius 1 is 1.30 bits per heavy atom. The van der Waals surface area contributed by atoms with Crippen LogP contribution in [0.3, 0.4) is 0 Å². The molecule has 2 saturated heterocycles. The van der Waals surface area contributed by atoms with Crippen molar-refractivity contribution in [3.63, 3.8) is 0 Å². The molecule has 4 heterocycles. The predicted molar refractivity (Wildman–Crippen MR) is 83.9 cm³/mol. The first-order valence-electron chi connectivity index (χ1n) is 7.81. The van der Waals surface area contributed by atoms with E-state index in [4.69, 9.17) is 0 Å². The highest BCUT2D eigenvalue weighted by Crippen LogP contribution is 2.37. The van der Waals surface area contributed by atoms with E-state index in [1.807, 2.05) is 0 Å². The fourth-order valence-corrected chi connectivity index (χ4v) is 4.74. The quantitative estimate of drug-likeness (QED) is 0.910. The number of hydrogen-bond donors (Lipinski definition) is 1. The summed E-state index contributed by atoms with van der Waals surface area (Å²) in [5, 5.41) is 4.29. The zero-order valence-electron chi connectivity index (χ0n) is 12.4. The molecule has 4 rings (SSSR count). The van der Waals surface area contributed by atoms with Crippen molar-refractivity contribution in [3.8, 4) is 0 Å². The third kappa shape index (κ3) is 2.89. The summed E-state index contributed by atoms with van der Waals surface area (Å²) < 4.78 is 37.9. The molecule has 1 N–H and O–H groups in total. The minimum Gasteiger partial charge on any atom is -0.351 e. The van der Waals surface area contributed by atoms with Gasteiger partial charge in [0, 0.05) is 23.5 Å². The third-order valence-electron chi connectivity index (χ3n) is 4.64. The highest BCUT2D eigenvalue weighted by molar-refractivity contribution is 7.18. The number of nitrogens with zero attached hydrogens (tertiary/aromatic N) is 3. The van der Waals surface area contributed by atoms with E-state index in [2.05, 4.69) is 20.2 Å². The second-order valence-electron chi connectivity index (χ2n) is 6.17. The molecule has 0 spiro atoms. The van der Waals surface area contributed by atoms with Crippen molar-refractivity contribution in [1.29, 1.82) is 0 Å². The first-order chi connectivity index (χ1) is 11.0. The van der Waals surface area contributed by atoms with Crippen LogP contribution in [0.25, 0.3) is 10.2 Å². The smallest absolute Gasteiger partial charge is 0.351 e. The number of piperidine rings is 1. The monoisotopic (exact) mass is 342 g/mol. The Hall–Kier alpha value is -1.41. The summed E-state index contributed by atoms with van der Waals surface area (Å²) in [6, 6.07) is 2.46. The SMILES string of the molecule is FC(F)(F)Cc1cc2c(N3CCC4NCCCC43)ncnc2s1. The highest BCUT2D eigenvalue weighted by Gasteiger charge is 2.37. The number of hydrogen-bond acceptors (Lipinski definition) is 5. The molecule has 0 amide bonds. The van der Waals surface area contributed by atoms with Crippen LogP contribution in [0.15, 0.2) is 12.4 Å². The predicted octanol–water partition coefficient (Wildman–Crippen LogP) is 3.13. The van der Waals surface area contributed by atoms with Crippen LogP contribution >= 0.6 is 11.3 Å². The van der Waals surface area contributed by atoms with Crippen molar-refractivity contribution in [2.24, 2.45) is 0 Å². The van der Waals surface area contributed by atoms with Gasteiger partial charge in [0.05, 0.1) is 11.8 Å². The standard InChI is InChI=1S/C15H17F3N4S/c16-15(17,18)7-9-6-10-13(20-8-21-14(10)23-9)22-5-3-11-12(22)2-1-4-19-11/h6,8,11-12,19H,1-5,7H2. The highest BCUT2D eigenvalue weighted by atomic mass is 32.1. The maximum Gasteiger partial charge on any atom is 0.393 e. The summed E-state index contributed by atoms with van der Waals surface area (Å²) in [7, 11) is 0. The Labute approximate surface area is 135 Å². The maximum atomic E-state index is 12.6. The first kappa shape index (κ1) is 15.1. The molecule has 23 heavy (non-hydrogen) atoms.